The number of sulfonamides is 1. The third-order valence-electron chi connectivity index (χ3n) is 6.45. The summed E-state index contributed by atoms with van der Waals surface area (Å²) in [4.78, 5) is 28.2. The summed E-state index contributed by atoms with van der Waals surface area (Å²) in [5, 5.41) is 3.05. The Morgan fingerprint density at radius 1 is 1.08 bits per heavy atom. The van der Waals surface area contributed by atoms with Crippen LogP contribution in [0.3, 0.4) is 0 Å². The number of rotatable bonds is 11. The molecule has 1 unspecified atom stereocenters. The Labute approximate surface area is 227 Å². The number of nitrogens with zero attached hydrogens (tertiary/aromatic N) is 2. The highest BCUT2D eigenvalue weighted by molar-refractivity contribution is 9.10. The fourth-order valence-corrected chi connectivity index (χ4v) is 5.69. The SMILES string of the molecule is COc1ccc(N(CC(=O)N(Cc2cccc(Br)c2)C(C)C(=O)NC2CCCC2)S(C)(=O)=O)cc1OC. The van der Waals surface area contributed by atoms with Crippen molar-refractivity contribution in [2.24, 2.45) is 0 Å². The van der Waals surface area contributed by atoms with Crippen LogP contribution in [-0.4, -0.2) is 64.2 Å². The molecule has 2 aromatic carbocycles. The molecule has 0 saturated heterocycles. The lowest BCUT2D eigenvalue weighted by atomic mass is 10.1. The number of carbonyl (C=O) groups excluding carboxylic acids is 2. The summed E-state index contributed by atoms with van der Waals surface area (Å²) in [6, 6.07) is 11.3. The van der Waals surface area contributed by atoms with Crippen molar-refractivity contribution in [2.45, 2.75) is 51.2 Å². The highest BCUT2D eigenvalue weighted by atomic mass is 79.9. The zero-order valence-corrected chi connectivity index (χ0v) is 24.0. The molecule has 1 atom stereocenters. The van der Waals surface area contributed by atoms with Crippen LogP contribution in [0.1, 0.15) is 38.2 Å². The molecule has 2 aromatic rings. The monoisotopic (exact) mass is 595 g/mol. The van der Waals surface area contributed by atoms with Crippen molar-refractivity contribution < 1.29 is 27.5 Å². The minimum atomic E-state index is -3.85. The van der Waals surface area contributed by atoms with Crippen LogP contribution in [0.2, 0.25) is 0 Å². The van der Waals surface area contributed by atoms with Gasteiger partial charge in [0.25, 0.3) is 0 Å². The van der Waals surface area contributed by atoms with Gasteiger partial charge in [0.05, 0.1) is 26.2 Å². The van der Waals surface area contributed by atoms with Crippen molar-refractivity contribution in [3.63, 3.8) is 0 Å². The number of amides is 2. The maximum absolute atomic E-state index is 13.7. The van der Waals surface area contributed by atoms with E-state index >= 15 is 0 Å². The molecule has 1 saturated carbocycles. The Morgan fingerprint density at radius 2 is 1.76 bits per heavy atom. The Kier molecular flexibility index (Phi) is 9.83. The van der Waals surface area contributed by atoms with Gasteiger partial charge in [0.2, 0.25) is 21.8 Å². The molecule has 0 aromatic heterocycles. The van der Waals surface area contributed by atoms with Crippen LogP contribution in [0, 0.1) is 0 Å². The van der Waals surface area contributed by atoms with E-state index in [2.05, 4.69) is 21.2 Å². The minimum absolute atomic E-state index is 0.0945. The maximum Gasteiger partial charge on any atom is 0.244 e. The Hall–Kier alpha value is -2.79. The average Bonchev–Trinajstić information content (AvgIpc) is 3.37. The van der Waals surface area contributed by atoms with Gasteiger partial charge in [-0.25, -0.2) is 8.42 Å². The lowest BCUT2D eigenvalue weighted by Gasteiger charge is -2.32. The van der Waals surface area contributed by atoms with Crippen molar-refractivity contribution in [1.82, 2.24) is 10.2 Å². The number of hydrogen-bond donors (Lipinski definition) is 1. The third kappa shape index (κ3) is 7.61. The molecule has 1 N–H and O–H groups in total. The maximum atomic E-state index is 13.7. The van der Waals surface area contributed by atoms with Gasteiger partial charge in [-0.3, -0.25) is 13.9 Å². The summed E-state index contributed by atoms with van der Waals surface area (Å²) in [5.41, 5.74) is 1.05. The molecule has 9 nitrogen and oxygen atoms in total. The first kappa shape index (κ1) is 28.8. The van der Waals surface area contributed by atoms with Gasteiger partial charge in [0.1, 0.15) is 12.6 Å². The van der Waals surface area contributed by atoms with Crippen LogP contribution in [0.4, 0.5) is 5.69 Å². The van der Waals surface area contributed by atoms with Crippen LogP contribution < -0.4 is 19.1 Å². The summed E-state index contributed by atoms with van der Waals surface area (Å²) in [5.74, 6) is -0.00237. The fraction of sp³-hybridized carbons (Fsp3) is 0.462. The first-order chi connectivity index (χ1) is 17.5. The van der Waals surface area contributed by atoms with E-state index in [-0.39, 0.29) is 24.2 Å². The molecule has 0 heterocycles. The summed E-state index contributed by atoms with van der Waals surface area (Å²) in [7, 11) is -0.928. The molecule has 3 rings (SSSR count). The highest BCUT2D eigenvalue weighted by Gasteiger charge is 2.31. The number of carbonyl (C=O) groups is 2. The van der Waals surface area contributed by atoms with Crippen molar-refractivity contribution in [2.75, 3.05) is 31.3 Å². The average molecular weight is 597 g/mol. The van der Waals surface area contributed by atoms with Gasteiger partial charge < -0.3 is 19.7 Å². The molecule has 2 amide bonds. The Bertz CT molecular complexity index is 1220. The normalized spacial score (nSPS) is 14.6. The smallest absolute Gasteiger partial charge is 0.244 e. The number of anilines is 1. The van der Waals surface area contributed by atoms with E-state index in [1.54, 1.807) is 19.1 Å². The van der Waals surface area contributed by atoms with E-state index in [0.29, 0.717) is 11.5 Å². The topological polar surface area (TPSA) is 105 Å². The minimum Gasteiger partial charge on any atom is -0.493 e. The van der Waals surface area contributed by atoms with E-state index in [1.165, 1.54) is 25.2 Å². The second-order valence-electron chi connectivity index (χ2n) is 9.13. The van der Waals surface area contributed by atoms with Crippen LogP contribution in [0.5, 0.6) is 11.5 Å². The molecule has 202 valence electrons. The zero-order chi connectivity index (χ0) is 27.2. The predicted octanol–water partition coefficient (Wildman–Crippen LogP) is 3.71. The van der Waals surface area contributed by atoms with Gasteiger partial charge in [-0.15, -0.1) is 0 Å². The standard InChI is InChI=1S/C26H34BrN3O6S/c1-18(26(32)28-21-10-5-6-11-21)29(16-19-8-7-9-20(27)14-19)25(31)17-30(37(4,33)34)22-12-13-23(35-2)24(15-22)36-3/h7-9,12-15,18,21H,5-6,10-11,16-17H2,1-4H3,(H,28,32). The molecule has 0 radical (unpaired) electrons. The molecule has 1 fully saturated rings. The molecular weight excluding hydrogens is 562 g/mol. The van der Waals surface area contributed by atoms with Crippen molar-refractivity contribution in [1.29, 1.82) is 0 Å². The second kappa shape index (κ2) is 12.6. The first-order valence-electron chi connectivity index (χ1n) is 12.1. The fourth-order valence-electron chi connectivity index (χ4n) is 4.40. The number of methoxy groups -OCH3 is 2. The molecule has 1 aliphatic rings. The van der Waals surface area contributed by atoms with Crippen molar-refractivity contribution in [3.05, 3.63) is 52.5 Å². The van der Waals surface area contributed by atoms with E-state index in [4.69, 9.17) is 9.47 Å². The molecule has 11 heteroatoms. The van der Waals surface area contributed by atoms with Crippen LogP contribution in [0.15, 0.2) is 46.9 Å². The van der Waals surface area contributed by atoms with Gasteiger partial charge in [-0.1, -0.05) is 40.9 Å². The lowest BCUT2D eigenvalue weighted by molar-refractivity contribution is -0.139. The molecule has 0 spiro atoms. The number of halogens is 1. The number of hydrogen-bond acceptors (Lipinski definition) is 6. The lowest BCUT2D eigenvalue weighted by Crippen LogP contribution is -2.52. The van der Waals surface area contributed by atoms with E-state index in [0.717, 1.165) is 46.3 Å². The quantitative estimate of drug-likeness (QED) is 0.424. The Balaban J connectivity index is 1.91. The van der Waals surface area contributed by atoms with Gasteiger partial charge in [0.15, 0.2) is 11.5 Å². The molecule has 0 bridgehead atoms. The highest BCUT2D eigenvalue weighted by Crippen LogP contribution is 2.32. The van der Waals surface area contributed by atoms with E-state index in [9.17, 15) is 18.0 Å². The van der Waals surface area contributed by atoms with Crippen LogP contribution >= 0.6 is 15.9 Å². The molecule has 1 aliphatic carbocycles. The van der Waals surface area contributed by atoms with Gasteiger partial charge in [0, 0.05) is 23.1 Å². The van der Waals surface area contributed by atoms with Gasteiger partial charge >= 0.3 is 0 Å². The molecule has 0 aliphatic heterocycles. The number of benzene rings is 2. The van der Waals surface area contributed by atoms with Crippen LogP contribution in [0.25, 0.3) is 0 Å². The van der Waals surface area contributed by atoms with E-state index < -0.39 is 28.5 Å². The molecular formula is C26H34BrN3O6S. The second-order valence-corrected chi connectivity index (χ2v) is 11.9. The predicted molar refractivity (Wildman–Crippen MR) is 146 cm³/mol. The third-order valence-corrected chi connectivity index (χ3v) is 8.08. The number of ether oxygens (including phenoxy) is 2. The Morgan fingerprint density at radius 3 is 2.35 bits per heavy atom. The van der Waals surface area contributed by atoms with Crippen molar-refractivity contribution in [3.8, 4) is 11.5 Å². The van der Waals surface area contributed by atoms with Crippen LogP contribution in [-0.2, 0) is 26.2 Å². The summed E-state index contributed by atoms with van der Waals surface area (Å²) in [6.07, 6.45) is 4.99. The summed E-state index contributed by atoms with van der Waals surface area (Å²) in [6.45, 7) is 1.33. The number of nitrogens with one attached hydrogen (secondary N) is 1. The van der Waals surface area contributed by atoms with Crippen molar-refractivity contribution >= 4 is 43.5 Å². The van der Waals surface area contributed by atoms with E-state index in [1.807, 2.05) is 24.3 Å². The van der Waals surface area contributed by atoms with Gasteiger partial charge in [-0.05, 0) is 49.6 Å². The largest absolute Gasteiger partial charge is 0.493 e. The zero-order valence-electron chi connectivity index (χ0n) is 21.6. The molecule has 37 heavy (non-hydrogen) atoms. The first-order valence-corrected chi connectivity index (χ1v) is 14.7. The summed E-state index contributed by atoms with van der Waals surface area (Å²) >= 11 is 3.44. The summed E-state index contributed by atoms with van der Waals surface area (Å²) < 4.78 is 38.0. The van der Waals surface area contributed by atoms with Gasteiger partial charge in [-0.2, -0.15) is 0 Å².